The van der Waals surface area contributed by atoms with Gasteiger partial charge >= 0.3 is 0 Å². The van der Waals surface area contributed by atoms with Crippen molar-refractivity contribution in [1.29, 1.82) is 0 Å². The number of carbonyl (C=O) groups excluding carboxylic acids is 1. The molecule has 1 aromatic rings. The number of hydrogen-bond acceptors (Lipinski definition) is 2. The second-order valence-electron chi connectivity index (χ2n) is 2.46. The normalized spacial score (nSPS) is 8.71. The molecule has 3 nitrogen and oxygen atoms in total. The van der Waals surface area contributed by atoms with Crippen LogP contribution >= 0.6 is 0 Å². The highest BCUT2D eigenvalue weighted by Crippen LogP contribution is 2.15. The lowest BCUT2D eigenvalue weighted by Gasteiger charge is -1.99. The zero-order chi connectivity index (χ0) is 10.6. The molecule has 1 rings (SSSR count). The van der Waals surface area contributed by atoms with Crippen LogP contribution in [0.15, 0.2) is 18.2 Å². The Morgan fingerprint density at radius 2 is 2.29 bits per heavy atom. The van der Waals surface area contributed by atoms with E-state index >= 15 is 0 Å². The van der Waals surface area contributed by atoms with E-state index in [0.29, 0.717) is 5.75 Å². The number of primary amides is 1. The lowest BCUT2D eigenvalue weighted by molar-refractivity contribution is -0.112. The number of methoxy groups -OCH3 is 1. The van der Waals surface area contributed by atoms with Crippen LogP contribution in [0.2, 0.25) is 0 Å². The Hall–Kier alpha value is -2.02. The third kappa shape index (κ3) is 2.49. The van der Waals surface area contributed by atoms with Crippen LogP contribution in [0.25, 0.3) is 0 Å². The molecule has 0 bridgehead atoms. The number of benzene rings is 1. The molecule has 4 heteroatoms. The van der Waals surface area contributed by atoms with Gasteiger partial charge in [0.2, 0.25) is 0 Å². The van der Waals surface area contributed by atoms with E-state index < -0.39 is 11.7 Å². The van der Waals surface area contributed by atoms with Crippen molar-refractivity contribution in [1.82, 2.24) is 0 Å². The number of amides is 1. The van der Waals surface area contributed by atoms with Crippen molar-refractivity contribution in [2.75, 3.05) is 7.11 Å². The molecule has 0 spiro atoms. The SMILES string of the molecule is COc1ccc(F)c(C#CC(N)=O)c1. The minimum absolute atomic E-state index is 0.0863. The molecule has 0 radical (unpaired) electrons. The van der Waals surface area contributed by atoms with Gasteiger partial charge in [-0.3, -0.25) is 4.79 Å². The second-order valence-corrected chi connectivity index (χ2v) is 2.46. The fourth-order valence-electron chi connectivity index (χ4n) is 0.856. The van der Waals surface area contributed by atoms with Gasteiger partial charge in [0, 0.05) is 5.92 Å². The van der Waals surface area contributed by atoms with Gasteiger partial charge in [-0.25, -0.2) is 4.39 Å². The Labute approximate surface area is 80.7 Å². The fourth-order valence-corrected chi connectivity index (χ4v) is 0.856. The van der Waals surface area contributed by atoms with E-state index in [1.807, 2.05) is 5.92 Å². The van der Waals surface area contributed by atoms with Crippen LogP contribution in [0, 0.1) is 17.7 Å². The van der Waals surface area contributed by atoms with Crippen LogP contribution in [-0.4, -0.2) is 13.0 Å². The molecule has 2 N–H and O–H groups in total. The molecular weight excluding hydrogens is 185 g/mol. The minimum atomic E-state index is -0.799. The second kappa shape index (κ2) is 4.28. The molecule has 0 saturated heterocycles. The van der Waals surface area contributed by atoms with Crippen molar-refractivity contribution in [3.63, 3.8) is 0 Å². The van der Waals surface area contributed by atoms with Crippen LogP contribution in [0.3, 0.4) is 0 Å². The smallest absolute Gasteiger partial charge is 0.293 e. The predicted octanol–water partition coefficient (Wildman–Crippen LogP) is 0.671. The lowest BCUT2D eigenvalue weighted by atomic mass is 10.2. The predicted molar refractivity (Wildman–Crippen MR) is 49.0 cm³/mol. The zero-order valence-corrected chi connectivity index (χ0v) is 7.50. The number of halogens is 1. The Morgan fingerprint density at radius 1 is 1.57 bits per heavy atom. The maximum absolute atomic E-state index is 13.0. The number of ether oxygens (including phenoxy) is 1. The molecule has 0 aliphatic heterocycles. The van der Waals surface area contributed by atoms with Crippen molar-refractivity contribution >= 4 is 5.91 Å². The molecule has 0 unspecified atom stereocenters. The average Bonchev–Trinajstić information content (AvgIpc) is 2.16. The molecule has 0 fully saturated rings. The monoisotopic (exact) mass is 193 g/mol. The largest absolute Gasteiger partial charge is 0.497 e. The van der Waals surface area contributed by atoms with Crippen LogP contribution in [0.1, 0.15) is 5.56 Å². The molecule has 0 aliphatic carbocycles. The van der Waals surface area contributed by atoms with Gasteiger partial charge in [-0.2, -0.15) is 0 Å². The fraction of sp³-hybridized carbons (Fsp3) is 0.100. The molecule has 0 aliphatic rings. The highest BCUT2D eigenvalue weighted by atomic mass is 19.1. The highest BCUT2D eigenvalue weighted by molar-refractivity contribution is 5.92. The van der Waals surface area contributed by atoms with Gasteiger partial charge in [-0.1, -0.05) is 5.92 Å². The number of nitrogens with two attached hydrogens (primary N) is 1. The van der Waals surface area contributed by atoms with Gasteiger partial charge in [0.1, 0.15) is 11.6 Å². The summed E-state index contributed by atoms with van der Waals surface area (Å²) in [5.74, 6) is 3.51. The van der Waals surface area contributed by atoms with E-state index in [-0.39, 0.29) is 5.56 Å². The number of carbonyl (C=O) groups is 1. The molecule has 0 aromatic heterocycles. The summed E-state index contributed by atoms with van der Waals surface area (Å²) in [4.78, 5) is 10.3. The summed E-state index contributed by atoms with van der Waals surface area (Å²) in [5, 5.41) is 0. The summed E-state index contributed by atoms with van der Waals surface area (Å²) in [6.07, 6.45) is 0. The minimum Gasteiger partial charge on any atom is -0.497 e. The Balaban J connectivity index is 3.08. The van der Waals surface area contributed by atoms with E-state index in [2.05, 4.69) is 5.92 Å². The van der Waals surface area contributed by atoms with Crippen molar-refractivity contribution in [2.45, 2.75) is 0 Å². The summed E-state index contributed by atoms with van der Waals surface area (Å²) in [6, 6.07) is 4.07. The van der Waals surface area contributed by atoms with Gasteiger partial charge in [0.05, 0.1) is 12.7 Å². The molecule has 0 saturated carbocycles. The van der Waals surface area contributed by atoms with Crippen molar-refractivity contribution in [3.05, 3.63) is 29.6 Å². The average molecular weight is 193 g/mol. The maximum Gasteiger partial charge on any atom is 0.293 e. The highest BCUT2D eigenvalue weighted by Gasteiger charge is 2.00. The third-order valence-electron chi connectivity index (χ3n) is 1.49. The Bertz CT molecular complexity index is 418. The van der Waals surface area contributed by atoms with Gasteiger partial charge in [-0.05, 0) is 18.2 Å². The number of rotatable bonds is 1. The standard InChI is InChI=1S/C10H8FNO2/c1-14-8-3-4-9(11)7(6-8)2-5-10(12)13/h3-4,6H,1H3,(H2,12,13). The van der Waals surface area contributed by atoms with Crippen LogP contribution < -0.4 is 10.5 Å². The summed E-state index contributed by atoms with van der Waals surface area (Å²) in [5.41, 5.74) is 4.88. The lowest BCUT2D eigenvalue weighted by Crippen LogP contribution is -2.06. The third-order valence-corrected chi connectivity index (χ3v) is 1.49. The first-order valence-electron chi connectivity index (χ1n) is 3.78. The summed E-state index contributed by atoms with van der Waals surface area (Å²) >= 11 is 0. The molecular formula is C10H8FNO2. The summed E-state index contributed by atoms with van der Waals surface area (Å²) < 4.78 is 17.9. The summed E-state index contributed by atoms with van der Waals surface area (Å²) in [7, 11) is 1.46. The maximum atomic E-state index is 13.0. The topological polar surface area (TPSA) is 52.3 Å². The molecule has 1 aromatic carbocycles. The van der Waals surface area contributed by atoms with Gasteiger partial charge < -0.3 is 10.5 Å². The van der Waals surface area contributed by atoms with E-state index in [1.54, 1.807) is 0 Å². The van der Waals surface area contributed by atoms with Crippen LogP contribution in [0.5, 0.6) is 5.75 Å². The molecule has 0 atom stereocenters. The van der Waals surface area contributed by atoms with Gasteiger partial charge in [0.15, 0.2) is 0 Å². The van der Waals surface area contributed by atoms with Crippen molar-refractivity contribution < 1.29 is 13.9 Å². The van der Waals surface area contributed by atoms with Crippen molar-refractivity contribution in [3.8, 4) is 17.6 Å². The van der Waals surface area contributed by atoms with E-state index in [4.69, 9.17) is 10.5 Å². The Kier molecular flexibility index (Phi) is 3.08. The van der Waals surface area contributed by atoms with E-state index in [1.165, 1.54) is 25.3 Å². The first-order valence-corrected chi connectivity index (χ1v) is 3.78. The first-order chi connectivity index (χ1) is 6.63. The molecule has 0 heterocycles. The molecule has 72 valence electrons. The molecule has 14 heavy (non-hydrogen) atoms. The first kappa shape index (κ1) is 10.1. The van der Waals surface area contributed by atoms with Crippen molar-refractivity contribution in [2.24, 2.45) is 5.73 Å². The van der Waals surface area contributed by atoms with Gasteiger partial charge in [-0.15, -0.1) is 0 Å². The molecule has 1 amide bonds. The van der Waals surface area contributed by atoms with Gasteiger partial charge in [0.25, 0.3) is 5.91 Å². The number of hydrogen-bond donors (Lipinski definition) is 1. The quantitative estimate of drug-likeness (QED) is 0.666. The van der Waals surface area contributed by atoms with Crippen LogP contribution in [-0.2, 0) is 4.79 Å². The summed E-state index contributed by atoms with van der Waals surface area (Å²) in [6.45, 7) is 0. The zero-order valence-electron chi connectivity index (χ0n) is 7.50. The van der Waals surface area contributed by atoms with E-state index in [9.17, 15) is 9.18 Å². The van der Waals surface area contributed by atoms with Crippen LogP contribution in [0.4, 0.5) is 4.39 Å². The van der Waals surface area contributed by atoms with E-state index in [0.717, 1.165) is 0 Å². The Morgan fingerprint density at radius 3 is 2.86 bits per heavy atom.